The van der Waals surface area contributed by atoms with Crippen LogP contribution in [0.5, 0.6) is 28.7 Å². The van der Waals surface area contributed by atoms with Crippen LogP contribution < -0.4 is 29.1 Å². The average Bonchev–Trinajstić information content (AvgIpc) is 2.80. The lowest BCUT2D eigenvalue weighted by molar-refractivity contribution is 0.135. The molecule has 0 aliphatic heterocycles. The van der Waals surface area contributed by atoms with Gasteiger partial charge in [-0.25, -0.2) is 0 Å². The summed E-state index contributed by atoms with van der Waals surface area (Å²) in [7, 11) is 5.89. The molecule has 8 nitrogen and oxygen atoms in total. The van der Waals surface area contributed by atoms with E-state index < -0.39 is 11.5 Å². The number of benzene rings is 2. The second kappa shape index (κ2) is 9.65. The van der Waals surface area contributed by atoms with Crippen molar-refractivity contribution >= 4 is 11.0 Å². The van der Waals surface area contributed by atoms with E-state index in [1.807, 2.05) is 0 Å². The van der Waals surface area contributed by atoms with E-state index in [2.05, 4.69) is 6.58 Å². The minimum Gasteiger partial charge on any atom is -0.496 e. The number of rotatable bonds is 9. The summed E-state index contributed by atoms with van der Waals surface area (Å²) in [4.78, 5) is 13.3. The summed E-state index contributed by atoms with van der Waals surface area (Å²) in [5.41, 5.74) is 0.968. The summed E-state index contributed by atoms with van der Waals surface area (Å²) in [6.45, 7) is 5.40. The molecule has 1 aromatic heterocycles. The fourth-order valence-corrected chi connectivity index (χ4v) is 3.16. The van der Waals surface area contributed by atoms with Crippen LogP contribution in [0.3, 0.4) is 0 Å². The highest BCUT2D eigenvalue weighted by Gasteiger charge is 2.22. The molecular formula is C24H26O8. The first-order valence-electron chi connectivity index (χ1n) is 9.76. The average molecular weight is 442 g/mol. The molecule has 0 saturated carbocycles. The molecule has 1 N–H and O–H groups in total. The van der Waals surface area contributed by atoms with E-state index in [-0.39, 0.29) is 34.8 Å². The van der Waals surface area contributed by atoms with Crippen LogP contribution in [0.1, 0.15) is 6.92 Å². The number of ether oxygens (including phenoxy) is 5. The van der Waals surface area contributed by atoms with Gasteiger partial charge in [0.15, 0.2) is 17.3 Å². The van der Waals surface area contributed by atoms with Gasteiger partial charge >= 0.3 is 0 Å². The van der Waals surface area contributed by atoms with Crippen LogP contribution >= 0.6 is 0 Å². The summed E-state index contributed by atoms with van der Waals surface area (Å²) in [6.07, 6.45) is -0.832. The molecule has 0 radical (unpaired) electrons. The summed E-state index contributed by atoms with van der Waals surface area (Å²) in [5.74, 6) is 1.86. The van der Waals surface area contributed by atoms with Crippen molar-refractivity contribution in [1.82, 2.24) is 0 Å². The number of hydrogen-bond donors (Lipinski definition) is 1. The van der Waals surface area contributed by atoms with Gasteiger partial charge < -0.3 is 33.2 Å². The topological polar surface area (TPSA) is 96.6 Å². The van der Waals surface area contributed by atoms with Crippen LogP contribution in [-0.4, -0.2) is 46.3 Å². The predicted octanol–water partition coefficient (Wildman–Crippen LogP) is 3.81. The Balaban J connectivity index is 2.20. The number of fused-ring (bicyclic) bond motifs is 1. The van der Waals surface area contributed by atoms with Crippen molar-refractivity contribution in [2.45, 2.75) is 13.0 Å². The molecule has 3 rings (SSSR count). The summed E-state index contributed by atoms with van der Waals surface area (Å²) >= 11 is 0. The Labute approximate surface area is 185 Å². The van der Waals surface area contributed by atoms with Crippen molar-refractivity contribution in [2.75, 3.05) is 35.0 Å². The molecule has 32 heavy (non-hydrogen) atoms. The molecule has 0 unspecified atom stereocenters. The third kappa shape index (κ3) is 4.36. The smallest absolute Gasteiger partial charge is 0.239 e. The van der Waals surface area contributed by atoms with Crippen LogP contribution in [0.2, 0.25) is 0 Å². The number of methoxy groups -OCH3 is 4. The lowest BCUT2D eigenvalue weighted by Gasteiger charge is -2.15. The van der Waals surface area contributed by atoms with Gasteiger partial charge in [0, 0.05) is 17.7 Å². The molecule has 2 aromatic carbocycles. The Bertz CT molecular complexity index is 1190. The molecule has 170 valence electrons. The van der Waals surface area contributed by atoms with E-state index in [4.69, 9.17) is 28.1 Å². The molecule has 8 heteroatoms. The fraction of sp³-hybridized carbons (Fsp3) is 0.292. The second-order valence-corrected chi connectivity index (χ2v) is 7.04. The van der Waals surface area contributed by atoms with E-state index in [1.54, 1.807) is 37.3 Å². The molecule has 1 atom stereocenters. The zero-order valence-corrected chi connectivity index (χ0v) is 18.7. The van der Waals surface area contributed by atoms with Crippen LogP contribution in [-0.2, 0) is 0 Å². The van der Waals surface area contributed by atoms with Crippen LogP contribution in [0.4, 0.5) is 0 Å². The minimum absolute atomic E-state index is 0.00703. The standard InChI is InChI=1S/C24H26O8/c1-13(2)16(25)12-31-15-10-19(29-5)21-20(11-15)32-23(24(30-6)22(21)26)14-7-8-17(27-3)18(9-14)28-4/h7-11,16,25H,1,12H2,2-6H3/t16-/m0/s1. The summed E-state index contributed by atoms with van der Waals surface area (Å²) in [5, 5.41) is 10.2. The van der Waals surface area contributed by atoms with E-state index in [9.17, 15) is 9.90 Å². The quantitative estimate of drug-likeness (QED) is 0.500. The Kier molecular flexibility index (Phi) is 6.95. The van der Waals surface area contributed by atoms with Crippen molar-refractivity contribution < 1.29 is 33.2 Å². The summed E-state index contributed by atoms with van der Waals surface area (Å²) in [6, 6.07) is 8.24. The minimum atomic E-state index is -0.832. The van der Waals surface area contributed by atoms with Gasteiger partial charge in [0.1, 0.15) is 35.2 Å². The second-order valence-electron chi connectivity index (χ2n) is 7.04. The van der Waals surface area contributed by atoms with Gasteiger partial charge in [-0.05, 0) is 30.7 Å². The number of aliphatic hydroxyl groups is 1. The highest BCUT2D eigenvalue weighted by atomic mass is 16.5. The summed E-state index contributed by atoms with van der Waals surface area (Å²) < 4.78 is 33.2. The highest BCUT2D eigenvalue weighted by Crippen LogP contribution is 2.39. The zero-order valence-electron chi connectivity index (χ0n) is 18.7. The van der Waals surface area contributed by atoms with E-state index in [1.165, 1.54) is 28.4 Å². The van der Waals surface area contributed by atoms with Crippen molar-refractivity contribution in [1.29, 1.82) is 0 Å². The molecule has 0 fully saturated rings. The normalized spacial score (nSPS) is 11.7. The molecule has 3 aromatic rings. The molecular weight excluding hydrogens is 416 g/mol. The molecule has 0 spiro atoms. The zero-order chi connectivity index (χ0) is 23.4. The SMILES string of the molecule is C=C(C)[C@@H](O)COc1cc(OC)c2c(=O)c(OC)c(-c3ccc(OC)c(OC)c3)oc2c1. The van der Waals surface area contributed by atoms with Crippen molar-refractivity contribution in [3.63, 3.8) is 0 Å². The van der Waals surface area contributed by atoms with E-state index in [0.717, 1.165) is 0 Å². The molecule has 1 heterocycles. The molecule has 0 bridgehead atoms. The number of aliphatic hydroxyl groups excluding tert-OH is 1. The molecule has 0 amide bonds. The third-order valence-electron chi connectivity index (χ3n) is 4.94. The van der Waals surface area contributed by atoms with Gasteiger partial charge in [-0.15, -0.1) is 0 Å². The fourth-order valence-electron chi connectivity index (χ4n) is 3.16. The van der Waals surface area contributed by atoms with E-state index in [0.29, 0.717) is 28.4 Å². The lowest BCUT2D eigenvalue weighted by Crippen LogP contribution is -2.18. The predicted molar refractivity (Wildman–Crippen MR) is 120 cm³/mol. The monoisotopic (exact) mass is 442 g/mol. The molecule has 0 saturated heterocycles. The first-order chi connectivity index (χ1) is 15.3. The lowest BCUT2D eigenvalue weighted by atomic mass is 10.1. The Morgan fingerprint density at radius 1 is 1.00 bits per heavy atom. The first kappa shape index (κ1) is 23.0. The maximum Gasteiger partial charge on any atom is 0.239 e. The van der Waals surface area contributed by atoms with Crippen molar-refractivity contribution in [3.05, 3.63) is 52.7 Å². The van der Waals surface area contributed by atoms with Crippen LogP contribution in [0.25, 0.3) is 22.3 Å². The molecule has 0 aliphatic carbocycles. The van der Waals surface area contributed by atoms with Gasteiger partial charge in [-0.1, -0.05) is 6.58 Å². The van der Waals surface area contributed by atoms with Crippen molar-refractivity contribution in [3.8, 4) is 40.1 Å². The van der Waals surface area contributed by atoms with Gasteiger partial charge in [0.25, 0.3) is 0 Å². The first-order valence-corrected chi connectivity index (χ1v) is 9.76. The highest BCUT2D eigenvalue weighted by molar-refractivity contribution is 5.88. The number of hydrogen-bond acceptors (Lipinski definition) is 8. The largest absolute Gasteiger partial charge is 0.496 e. The molecule has 0 aliphatic rings. The maximum absolute atomic E-state index is 13.3. The van der Waals surface area contributed by atoms with E-state index >= 15 is 0 Å². The Morgan fingerprint density at radius 2 is 1.69 bits per heavy atom. The Morgan fingerprint density at radius 3 is 2.28 bits per heavy atom. The maximum atomic E-state index is 13.3. The third-order valence-corrected chi connectivity index (χ3v) is 4.94. The van der Waals surface area contributed by atoms with Crippen LogP contribution in [0.15, 0.2) is 51.7 Å². The van der Waals surface area contributed by atoms with Gasteiger partial charge in [-0.2, -0.15) is 0 Å². The van der Waals surface area contributed by atoms with Gasteiger partial charge in [-0.3, -0.25) is 4.79 Å². The van der Waals surface area contributed by atoms with Gasteiger partial charge in [0.2, 0.25) is 11.2 Å². The van der Waals surface area contributed by atoms with Crippen LogP contribution in [0, 0.1) is 0 Å². The van der Waals surface area contributed by atoms with Crippen molar-refractivity contribution in [2.24, 2.45) is 0 Å². The Hall–Kier alpha value is -3.65. The van der Waals surface area contributed by atoms with Gasteiger partial charge in [0.05, 0.1) is 28.4 Å².